The SMILES string of the molecule is CCOc1ccc(C(=O)C2(CO)CC2)cc1C. The van der Waals surface area contributed by atoms with Crippen LogP contribution in [0.25, 0.3) is 0 Å². The van der Waals surface area contributed by atoms with Gasteiger partial charge >= 0.3 is 0 Å². The predicted molar refractivity (Wildman–Crippen MR) is 65.4 cm³/mol. The molecule has 0 bridgehead atoms. The van der Waals surface area contributed by atoms with Crippen molar-refractivity contribution in [2.45, 2.75) is 26.7 Å². The van der Waals surface area contributed by atoms with E-state index in [-0.39, 0.29) is 12.4 Å². The minimum Gasteiger partial charge on any atom is -0.494 e. The summed E-state index contributed by atoms with van der Waals surface area (Å²) in [5, 5.41) is 9.25. The summed E-state index contributed by atoms with van der Waals surface area (Å²) in [6.45, 7) is 4.44. The predicted octanol–water partition coefficient (Wildman–Crippen LogP) is 2.35. The Morgan fingerprint density at radius 3 is 2.65 bits per heavy atom. The number of carbonyl (C=O) groups excluding carboxylic acids is 1. The first kappa shape index (κ1) is 12.1. The normalized spacial score (nSPS) is 16.6. The third-order valence-corrected chi connectivity index (χ3v) is 3.37. The van der Waals surface area contributed by atoms with Gasteiger partial charge in [-0.1, -0.05) is 0 Å². The Bertz CT molecular complexity index is 433. The van der Waals surface area contributed by atoms with Crippen LogP contribution in [0, 0.1) is 12.3 Å². The van der Waals surface area contributed by atoms with Crippen LogP contribution in [0.5, 0.6) is 5.75 Å². The number of rotatable bonds is 5. The third-order valence-electron chi connectivity index (χ3n) is 3.37. The molecule has 0 aliphatic heterocycles. The van der Waals surface area contributed by atoms with Crippen molar-refractivity contribution >= 4 is 5.78 Å². The maximum absolute atomic E-state index is 12.2. The van der Waals surface area contributed by atoms with E-state index in [1.807, 2.05) is 26.0 Å². The lowest BCUT2D eigenvalue weighted by atomic mass is 9.94. The van der Waals surface area contributed by atoms with E-state index in [9.17, 15) is 9.90 Å². The van der Waals surface area contributed by atoms with Crippen molar-refractivity contribution in [2.24, 2.45) is 5.41 Å². The first-order valence-electron chi connectivity index (χ1n) is 6.02. The van der Waals surface area contributed by atoms with Crippen molar-refractivity contribution in [3.63, 3.8) is 0 Å². The quantitative estimate of drug-likeness (QED) is 0.795. The molecule has 92 valence electrons. The molecule has 3 nitrogen and oxygen atoms in total. The molecule has 0 amide bonds. The van der Waals surface area contributed by atoms with Crippen LogP contribution in [-0.2, 0) is 0 Å². The van der Waals surface area contributed by atoms with Crippen molar-refractivity contribution < 1.29 is 14.6 Å². The Balaban J connectivity index is 2.23. The van der Waals surface area contributed by atoms with E-state index in [4.69, 9.17) is 4.74 Å². The van der Waals surface area contributed by atoms with Crippen LogP contribution in [0.15, 0.2) is 18.2 Å². The van der Waals surface area contributed by atoms with Crippen LogP contribution < -0.4 is 4.74 Å². The van der Waals surface area contributed by atoms with Gasteiger partial charge in [-0.05, 0) is 50.5 Å². The standard InChI is InChI=1S/C14H18O3/c1-3-17-12-5-4-11(8-10(12)2)13(16)14(9-15)6-7-14/h4-5,8,15H,3,6-7,9H2,1-2H3. The van der Waals surface area contributed by atoms with Gasteiger partial charge in [0.25, 0.3) is 0 Å². The number of ketones is 1. The molecule has 0 spiro atoms. The van der Waals surface area contributed by atoms with Crippen LogP contribution in [0.3, 0.4) is 0 Å². The first-order valence-corrected chi connectivity index (χ1v) is 6.02. The Hall–Kier alpha value is -1.35. The molecule has 0 saturated heterocycles. The van der Waals surface area contributed by atoms with Gasteiger partial charge in [-0.15, -0.1) is 0 Å². The van der Waals surface area contributed by atoms with Gasteiger partial charge in [0.15, 0.2) is 5.78 Å². The number of hydrogen-bond acceptors (Lipinski definition) is 3. The van der Waals surface area contributed by atoms with E-state index in [2.05, 4.69) is 0 Å². The fourth-order valence-electron chi connectivity index (χ4n) is 2.02. The van der Waals surface area contributed by atoms with E-state index >= 15 is 0 Å². The van der Waals surface area contributed by atoms with Gasteiger partial charge < -0.3 is 9.84 Å². The van der Waals surface area contributed by atoms with Crippen molar-refractivity contribution in [2.75, 3.05) is 13.2 Å². The molecule has 1 aliphatic carbocycles. The average molecular weight is 234 g/mol. The lowest BCUT2D eigenvalue weighted by molar-refractivity contribution is 0.0829. The number of Topliss-reactive ketones (excluding diaryl/α,β-unsaturated/α-hetero) is 1. The number of ether oxygens (including phenoxy) is 1. The van der Waals surface area contributed by atoms with Crippen molar-refractivity contribution in [3.05, 3.63) is 29.3 Å². The minimum absolute atomic E-state index is 0.0436. The van der Waals surface area contributed by atoms with Gasteiger partial charge in [0, 0.05) is 5.56 Å². The highest BCUT2D eigenvalue weighted by atomic mass is 16.5. The van der Waals surface area contributed by atoms with Crippen LogP contribution in [0.1, 0.15) is 35.7 Å². The van der Waals surface area contributed by atoms with Gasteiger partial charge in [0.1, 0.15) is 5.75 Å². The second kappa shape index (κ2) is 4.49. The zero-order chi connectivity index (χ0) is 12.5. The fraction of sp³-hybridized carbons (Fsp3) is 0.500. The Kier molecular flexibility index (Phi) is 3.20. The highest BCUT2D eigenvalue weighted by Crippen LogP contribution is 2.47. The molecule has 1 aromatic carbocycles. The van der Waals surface area contributed by atoms with Gasteiger partial charge in [-0.3, -0.25) is 4.79 Å². The molecule has 1 N–H and O–H groups in total. The van der Waals surface area contributed by atoms with Crippen molar-refractivity contribution in [3.8, 4) is 5.75 Å². The van der Waals surface area contributed by atoms with Gasteiger partial charge in [-0.2, -0.15) is 0 Å². The fourth-order valence-corrected chi connectivity index (χ4v) is 2.02. The Morgan fingerprint density at radius 2 is 2.18 bits per heavy atom. The van der Waals surface area contributed by atoms with Crippen molar-refractivity contribution in [1.29, 1.82) is 0 Å². The zero-order valence-corrected chi connectivity index (χ0v) is 10.3. The van der Waals surface area contributed by atoms with Gasteiger partial charge in [-0.25, -0.2) is 0 Å². The lowest BCUT2D eigenvalue weighted by Crippen LogP contribution is -2.20. The smallest absolute Gasteiger partial charge is 0.171 e. The molecule has 3 heteroatoms. The van der Waals surface area contributed by atoms with Crippen LogP contribution >= 0.6 is 0 Å². The molecule has 1 fully saturated rings. The van der Waals surface area contributed by atoms with E-state index in [0.717, 1.165) is 24.2 Å². The van der Waals surface area contributed by atoms with E-state index < -0.39 is 5.41 Å². The van der Waals surface area contributed by atoms with E-state index in [1.54, 1.807) is 6.07 Å². The zero-order valence-electron chi connectivity index (χ0n) is 10.3. The van der Waals surface area contributed by atoms with E-state index in [0.29, 0.717) is 12.2 Å². The molecule has 0 heterocycles. The molecule has 1 aromatic rings. The molecule has 1 saturated carbocycles. The summed E-state index contributed by atoms with van der Waals surface area (Å²) in [5.41, 5.74) is 1.16. The minimum atomic E-state index is -0.487. The first-order chi connectivity index (χ1) is 8.13. The monoisotopic (exact) mass is 234 g/mol. The molecule has 0 atom stereocenters. The lowest BCUT2D eigenvalue weighted by Gasteiger charge is -2.12. The molecule has 0 unspecified atom stereocenters. The Morgan fingerprint density at radius 1 is 1.47 bits per heavy atom. The molecule has 2 rings (SSSR count). The highest BCUT2D eigenvalue weighted by molar-refractivity contribution is 6.02. The number of benzene rings is 1. The largest absolute Gasteiger partial charge is 0.494 e. The third kappa shape index (κ3) is 2.20. The van der Waals surface area contributed by atoms with Crippen molar-refractivity contribution in [1.82, 2.24) is 0 Å². The molecule has 17 heavy (non-hydrogen) atoms. The van der Waals surface area contributed by atoms with Crippen LogP contribution in [0.4, 0.5) is 0 Å². The number of hydrogen-bond donors (Lipinski definition) is 1. The second-order valence-corrected chi connectivity index (χ2v) is 4.68. The molecular formula is C14H18O3. The Labute approximate surface area is 101 Å². The summed E-state index contributed by atoms with van der Waals surface area (Å²) < 4.78 is 5.44. The average Bonchev–Trinajstić information content (AvgIpc) is 3.12. The maximum Gasteiger partial charge on any atom is 0.171 e. The van der Waals surface area contributed by atoms with Gasteiger partial charge in [0.05, 0.1) is 18.6 Å². The second-order valence-electron chi connectivity index (χ2n) is 4.68. The van der Waals surface area contributed by atoms with Gasteiger partial charge in [0.2, 0.25) is 0 Å². The summed E-state index contributed by atoms with van der Waals surface area (Å²) >= 11 is 0. The summed E-state index contributed by atoms with van der Waals surface area (Å²) in [5.74, 6) is 0.879. The van der Waals surface area contributed by atoms with Crippen LogP contribution in [-0.4, -0.2) is 24.1 Å². The van der Waals surface area contributed by atoms with Crippen LogP contribution in [0.2, 0.25) is 0 Å². The number of carbonyl (C=O) groups is 1. The number of aliphatic hydroxyl groups is 1. The summed E-state index contributed by atoms with van der Waals surface area (Å²) in [7, 11) is 0. The highest BCUT2D eigenvalue weighted by Gasteiger charge is 2.49. The number of aryl methyl sites for hydroxylation is 1. The molecular weight excluding hydrogens is 216 g/mol. The molecule has 0 radical (unpaired) electrons. The number of aliphatic hydroxyl groups excluding tert-OH is 1. The summed E-state index contributed by atoms with van der Waals surface area (Å²) in [6.07, 6.45) is 1.60. The molecule has 1 aliphatic rings. The maximum atomic E-state index is 12.2. The topological polar surface area (TPSA) is 46.5 Å². The van der Waals surface area contributed by atoms with E-state index in [1.165, 1.54) is 0 Å². The molecule has 0 aromatic heterocycles. The summed E-state index contributed by atoms with van der Waals surface area (Å²) in [4.78, 5) is 12.2. The summed E-state index contributed by atoms with van der Waals surface area (Å²) in [6, 6.07) is 5.47.